The molecule has 8 heteroatoms. The van der Waals surface area contributed by atoms with Crippen LogP contribution in [0.1, 0.15) is 22.8 Å². The molecule has 2 aromatic rings. The third kappa shape index (κ3) is 5.12. The summed E-state index contributed by atoms with van der Waals surface area (Å²) in [4.78, 5) is 26.0. The van der Waals surface area contributed by atoms with Gasteiger partial charge < -0.3 is 24.8 Å². The zero-order valence-corrected chi connectivity index (χ0v) is 16.0. The number of hydrogen-bond acceptors (Lipinski definition) is 6. The van der Waals surface area contributed by atoms with E-state index in [9.17, 15) is 14.0 Å². The molecule has 0 saturated carbocycles. The number of methoxy groups -OCH3 is 2. The summed E-state index contributed by atoms with van der Waals surface area (Å²) < 4.78 is 28.6. The van der Waals surface area contributed by atoms with Crippen molar-refractivity contribution < 1.29 is 28.2 Å². The van der Waals surface area contributed by atoms with E-state index in [2.05, 4.69) is 0 Å². The summed E-state index contributed by atoms with van der Waals surface area (Å²) in [7, 11) is 3.08. The van der Waals surface area contributed by atoms with E-state index in [1.807, 2.05) is 13.0 Å². The van der Waals surface area contributed by atoms with Gasteiger partial charge in [0.1, 0.15) is 5.82 Å². The van der Waals surface area contributed by atoms with Gasteiger partial charge in [-0.15, -0.1) is 0 Å². The Hall–Kier alpha value is -3.29. The van der Waals surface area contributed by atoms with Crippen molar-refractivity contribution in [2.24, 2.45) is 0 Å². The maximum Gasteiger partial charge on any atom is 0.340 e. The van der Waals surface area contributed by atoms with Crippen molar-refractivity contribution in [2.75, 3.05) is 33.1 Å². The third-order valence-corrected chi connectivity index (χ3v) is 4.12. The van der Waals surface area contributed by atoms with Crippen LogP contribution in [-0.2, 0) is 16.1 Å². The molecule has 0 aliphatic heterocycles. The average Bonchev–Trinajstić information content (AvgIpc) is 2.69. The number of halogens is 1. The van der Waals surface area contributed by atoms with Crippen molar-refractivity contribution in [3.05, 3.63) is 53.3 Å². The fourth-order valence-electron chi connectivity index (χ4n) is 2.59. The fourth-order valence-corrected chi connectivity index (χ4v) is 2.59. The first-order chi connectivity index (χ1) is 13.4. The van der Waals surface area contributed by atoms with Crippen LogP contribution in [-0.4, -0.2) is 44.1 Å². The van der Waals surface area contributed by atoms with Gasteiger partial charge in [0.05, 0.1) is 19.8 Å². The Morgan fingerprint density at radius 1 is 1.07 bits per heavy atom. The summed E-state index contributed by atoms with van der Waals surface area (Å²) in [6.07, 6.45) is 0. The van der Waals surface area contributed by atoms with E-state index in [1.165, 1.54) is 18.1 Å². The SMILES string of the molecule is CCN(Cc1ccc(OC)c(OC)c1)C(=O)COC(=O)c1ccc(F)cc1N. The molecule has 0 radical (unpaired) electrons. The second-order valence-electron chi connectivity index (χ2n) is 5.90. The first kappa shape index (κ1) is 21.0. The predicted molar refractivity (Wildman–Crippen MR) is 102 cm³/mol. The molecule has 2 aromatic carbocycles. The number of rotatable bonds is 8. The minimum absolute atomic E-state index is 0.0112. The minimum Gasteiger partial charge on any atom is -0.493 e. The van der Waals surface area contributed by atoms with Crippen LogP contribution in [0.4, 0.5) is 10.1 Å². The first-order valence-electron chi connectivity index (χ1n) is 8.60. The quantitative estimate of drug-likeness (QED) is 0.550. The molecule has 0 aromatic heterocycles. The molecule has 0 aliphatic rings. The zero-order chi connectivity index (χ0) is 20.7. The van der Waals surface area contributed by atoms with Gasteiger partial charge in [0.15, 0.2) is 18.1 Å². The van der Waals surface area contributed by atoms with Crippen LogP contribution >= 0.6 is 0 Å². The maximum absolute atomic E-state index is 13.1. The number of hydrogen-bond donors (Lipinski definition) is 1. The molecule has 0 spiro atoms. The molecule has 2 rings (SSSR count). The van der Waals surface area contributed by atoms with E-state index < -0.39 is 18.4 Å². The number of nitrogen functional groups attached to an aromatic ring is 1. The Morgan fingerprint density at radius 2 is 1.79 bits per heavy atom. The molecule has 1 amide bonds. The third-order valence-electron chi connectivity index (χ3n) is 4.12. The Balaban J connectivity index is 2.00. The summed E-state index contributed by atoms with van der Waals surface area (Å²) in [5.41, 5.74) is 6.41. The van der Waals surface area contributed by atoms with Crippen LogP contribution in [0.3, 0.4) is 0 Å². The van der Waals surface area contributed by atoms with Crippen molar-refractivity contribution in [3.8, 4) is 11.5 Å². The molecule has 28 heavy (non-hydrogen) atoms. The van der Waals surface area contributed by atoms with Gasteiger partial charge in [0.25, 0.3) is 5.91 Å². The minimum atomic E-state index is -0.784. The topological polar surface area (TPSA) is 91.1 Å². The number of carbonyl (C=O) groups is 2. The number of anilines is 1. The summed E-state index contributed by atoms with van der Waals surface area (Å²) in [5, 5.41) is 0. The highest BCUT2D eigenvalue weighted by Crippen LogP contribution is 2.28. The van der Waals surface area contributed by atoms with Gasteiger partial charge in [0.2, 0.25) is 0 Å². The molecular formula is C20H23FN2O5. The summed E-state index contributed by atoms with van der Waals surface area (Å²) in [6.45, 7) is 2.10. The molecule has 0 bridgehead atoms. The number of nitrogens with two attached hydrogens (primary N) is 1. The van der Waals surface area contributed by atoms with Crippen LogP contribution in [0.25, 0.3) is 0 Å². The molecule has 0 saturated heterocycles. The smallest absolute Gasteiger partial charge is 0.340 e. The second kappa shape index (κ2) is 9.59. The van der Waals surface area contributed by atoms with Crippen LogP contribution in [0.15, 0.2) is 36.4 Å². The Kier molecular flexibility index (Phi) is 7.20. The van der Waals surface area contributed by atoms with Gasteiger partial charge in [-0.25, -0.2) is 9.18 Å². The van der Waals surface area contributed by atoms with E-state index in [4.69, 9.17) is 19.9 Å². The van der Waals surface area contributed by atoms with E-state index in [1.54, 1.807) is 19.2 Å². The first-order valence-corrected chi connectivity index (χ1v) is 8.60. The fraction of sp³-hybridized carbons (Fsp3) is 0.300. The largest absolute Gasteiger partial charge is 0.493 e. The number of carbonyl (C=O) groups excluding carboxylic acids is 2. The number of ether oxygens (including phenoxy) is 3. The van der Waals surface area contributed by atoms with Crippen molar-refractivity contribution in [1.82, 2.24) is 4.90 Å². The number of esters is 1. The molecule has 0 atom stereocenters. The predicted octanol–water partition coefficient (Wildman–Crippen LogP) is 2.63. The van der Waals surface area contributed by atoms with Crippen molar-refractivity contribution in [1.29, 1.82) is 0 Å². The second-order valence-corrected chi connectivity index (χ2v) is 5.90. The van der Waals surface area contributed by atoms with E-state index in [0.717, 1.165) is 17.7 Å². The molecule has 7 nitrogen and oxygen atoms in total. The van der Waals surface area contributed by atoms with E-state index in [0.29, 0.717) is 24.6 Å². The lowest BCUT2D eigenvalue weighted by Gasteiger charge is -2.21. The highest BCUT2D eigenvalue weighted by molar-refractivity contribution is 5.96. The van der Waals surface area contributed by atoms with Gasteiger partial charge in [-0.05, 0) is 42.8 Å². The van der Waals surface area contributed by atoms with Crippen molar-refractivity contribution in [3.63, 3.8) is 0 Å². The standard InChI is InChI=1S/C20H23FN2O5/c1-4-23(11-13-5-8-17(26-2)18(9-13)27-3)19(24)12-28-20(25)15-7-6-14(21)10-16(15)22/h5-10H,4,11-12,22H2,1-3H3. The number of likely N-dealkylation sites (N-methyl/N-ethyl adjacent to an activating group) is 1. The molecular weight excluding hydrogens is 367 g/mol. The Bertz CT molecular complexity index is 856. The lowest BCUT2D eigenvalue weighted by Crippen LogP contribution is -2.34. The lowest BCUT2D eigenvalue weighted by atomic mass is 10.2. The normalized spacial score (nSPS) is 10.3. The van der Waals surface area contributed by atoms with Gasteiger partial charge in [-0.1, -0.05) is 6.07 Å². The highest BCUT2D eigenvalue weighted by atomic mass is 19.1. The lowest BCUT2D eigenvalue weighted by molar-refractivity contribution is -0.134. The number of amides is 1. The highest BCUT2D eigenvalue weighted by Gasteiger charge is 2.18. The van der Waals surface area contributed by atoms with Gasteiger partial charge >= 0.3 is 5.97 Å². The van der Waals surface area contributed by atoms with Gasteiger partial charge in [-0.2, -0.15) is 0 Å². The maximum atomic E-state index is 13.1. The van der Waals surface area contributed by atoms with Crippen molar-refractivity contribution >= 4 is 17.6 Å². The molecule has 0 unspecified atom stereocenters. The van der Waals surface area contributed by atoms with Crippen molar-refractivity contribution in [2.45, 2.75) is 13.5 Å². The summed E-state index contributed by atoms with van der Waals surface area (Å²) in [5.74, 6) is -0.565. The number of nitrogens with zero attached hydrogens (tertiary/aromatic N) is 1. The molecule has 0 heterocycles. The Morgan fingerprint density at radius 3 is 2.39 bits per heavy atom. The van der Waals surface area contributed by atoms with Gasteiger partial charge in [0, 0.05) is 18.8 Å². The van der Waals surface area contributed by atoms with Crippen LogP contribution in [0.2, 0.25) is 0 Å². The summed E-state index contributed by atoms with van der Waals surface area (Å²) in [6, 6.07) is 8.70. The van der Waals surface area contributed by atoms with Crippen LogP contribution < -0.4 is 15.2 Å². The van der Waals surface area contributed by atoms with Crippen LogP contribution in [0.5, 0.6) is 11.5 Å². The van der Waals surface area contributed by atoms with Crippen LogP contribution in [0, 0.1) is 5.82 Å². The molecule has 0 aliphatic carbocycles. The van der Waals surface area contributed by atoms with Gasteiger partial charge in [-0.3, -0.25) is 4.79 Å². The zero-order valence-electron chi connectivity index (χ0n) is 16.0. The monoisotopic (exact) mass is 390 g/mol. The number of benzene rings is 2. The summed E-state index contributed by atoms with van der Waals surface area (Å²) >= 11 is 0. The Labute approximate surface area is 162 Å². The van der Waals surface area contributed by atoms with E-state index >= 15 is 0 Å². The average molecular weight is 390 g/mol. The molecule has 2 N–H and O–H groups in total. The molecule has 0 fully saturated rings. The molecule has 150 valence electrons. The van der Waals surface area contributed by atoms with E-state index in [-0.39, 0.29) is 17.2 Å².